The van der Waals surface area contributed by atoms with Gasteiger partial charge in [-0.25, -0.2) is 0 Å². The largest absolute Gasteiger partial charge is 0.352 e. The molecule has 110 valence electrons. The molecule has 1 aliphatic rings. The molecule has 20 heavy (non-hydrogen) atoms. The highest BCUT2D eigenvalue weighted by Gasteiger charge is 2.15. The van der Waals surface area contributed by atoms with Crippen LogP contribution >= 0.6 is 0 Å². The number of amides is 1. The van der Waals surface area contributed by atoms with Crippen molar-refractivity contribution in [1.29, 1.82) is 0 Å². The molecule has 2 N–H and O–H groups in total. The van der Waals surface area contributed by atoms with E-state index in [9.17, 15) is 4.79 Å². The lowest BCUT2D eigenvalue weighted by Gasteiger charge is -2.18. The standard InChI is InChI=1S/C16H25N3O/c1-13(14-7-6-10-17-11-14)18-12-16(20)19-15-8-4-2-3-5-9-15/h6-7,10-11,13,15,18H,2-5,8-9,12H2,1H3,(H,19,20)/t13-/m0/s1. The molecule has 1 heterocycles. The summed E-state index contributed by atoms with van der Waals surface area (Å²) in [6.07, 6.45) is 10.9. The second-order valence-corrected chi connectivity index (χ2v) is 5.64. The lowest BCUT2D eigenvalue weighted by Crippen LogP contribution is -2.40. The Kier molecular flexibility index (Phi) is 5.99. The van der Waals surface area contributed by atoms with Crippen LogP contribution in [0.1, 0.15) is 57.1 Å². The van der Waals surface area contributed by atoms with Gasteiger partial charge in [-0.05, 0) is 31.4 Å². The molecule has 0 aliphatic heterocycles. The number of carbonyl (C=O) groups is 1. The number of aromatic nitrogens is 1. The average molecular weight is 275 g/mol. The van der Waals surface area contributed by atoms with Gasteiger partial charge in [-0.2, -0.15) is 0 Å². The van der Waals surface area contributed by atoms with Gasteiger partial charge < -0.3 is 10.6 Å². The highest BCUT2D eigenvalue weighted by Crippen LogP contribution is 2.17. The van der Waals surface area contributed by atoms with Gasteiger partial charge in [-0.15, -0.1) is 0 Å². The van der Waals surface area contributed by atoms with Crippen molar-refractivity contribution in [3.8, 4) is 0 Å². The molecule has 1 aliphatic carbocycles. The molecule has 2 rings (SSSR count). The van der Waals surface area contributed by atoms with Gasteiger partial charge in [0.25, 0.3) is 0 Å². The molecule has 1 atom stereocenters. The Morgan fingerprint density at radius 1 is 1.35 bits per heavy atom. The Morgan fingerprint density at radius 2 is 2.10 bits per heavy atom. The first-order valence-corrected chi connectivity index (χ1v) is 7.68. The van der Waals surface area contributed by atoms with Crippen LogP contribution in [-0.4, -0.2) is 23.5 Å². The number of nitrogens with zero attached hydrogens (tertiary/aromatic N) is 1. The van der Waals surface area contributed by atoms with Crippen LogP contribution in [0.4, 0.5) is 0 Å². The number of nitrogens with one attached hydrogen (secondary N) is 2. The predicted molar refractivity (Wildman–Crippen MR) is 80.3 cm³/mol. The normalized spacial score (nSPS) is 18.2. The summed E-state index contributed by atoms with van der Waals surface area (Å²) in [7, 11) is 0. The molecule has 1 fully saturated rings. The van der Waals surface area contributed by atoms with Crippen molar-refractivity contribution in [2.75, 3.05) is 6.54 Å². The van der Waals surface area contributed by atoms with Crippen molar-refractivity contribution in [3.05, 3.63) is 30.1 Å². The highest BCUT2D eigenvalue weighted by atomic mass is 16.1. The molecule has 0 aromatic carbocycles. The molecule has 1 amide bonds. The van der Waals surface area contributed by atoms with Crippen molar-refractivity contribution in [2.45, 2.75) is 57.5 Å². The fraction of sp³-hybridized carbons (Fsp3) is 0.625. The van der Waals surface area contributed by atoms with Crippen LogP contribution in [0.25, 0.3) is 0 Å². The maximum atomic E-state index is 12.0. The third-order valence-electron chi connectivity index (χ3n) is 3.97. The number of hydrogen-bond acceptors (Lipinski definition) is 3. The van der Waals surface area contributed by atoms with Crippen LogP contribution in [0.15, 0.2) is 24.5 Å². The minimum atomic E-state index is 0.104. The van der Waals surface area contributed by atoms with Crippen molar-refractivity contribution >= 4 is 5.91 Å². The molecule has 0 spiro atoms. The number of carbonyl (C=O) groups excluding carboxylic acids is 1. The zero-order chi connectivity index (χ0) is 14.2. The van der Waals surface area contributed by atoms with E-state index >= 15 is 0 Å². The van der Waals surface area contributed by atoms with Crippen LogP contribution < -0.4 is 10.6 Å². The fourth-order valence-electron chi connectivity index (χ4n) is 2.70. The second kappa shape index (κ2) is 8.00. The van der Waals surface area contributed by atoms with Gasteiger partial charge in [0.1, 0.15) is 0 Å². The van der Waals surface area contributed by atoms with Gasteiger partial charge in [-0.3, -0.25) is 9.78 Å². The molecule has 0 saturated heterocycles. The van der Waals surface area contributed by atoms with E-state index in [1.807, 2.05) is 18.3 Å². The predicted octanol–water partition coefficient (Wildman–Crippen LogP) is 2.57. The molecule has 0 radical (unpaired) electrons. The molecular weight excluding hydrogens is 250 g/mol. The summed E-state index contributed by atoms with van der Waals surface area (Å²) in [5, 5.41) is 6.40. The van der Waals surface area contributed by atoms with Crippen molar-refractivity contribution in [1.82, 2.24) is 15.6 Å². The number of hydrogen-bond donors (Lipinski definition) is 2. The summed E-state index contributed by atoms with van der Waals surface area (Å²) in [5.41, 5.74) is 1.11. The van der Waals surface area contributed by atoms with Gasteiger partial charge in [-0.1, -0.05) is 31.7 Å². The summed E-state index contributed by atoms with van der Waals surface area (Å²) >= 11 is 0. The highest BCUT2D eigenvalue weighted by molar-refractivity contribution is 5.78. The maximum Gasteiger partial charge on any atom is 0.234 e. The quantitative estimate of drug-likeness (QED) is 0.812. The Bertz CT molecular complexity index is 399. The third kappa shape index (κ3) is 4.93. The van der Waals surface area contributed by atoms with Gasteiger partial charge >= 0.3 is 0 Å². The van der Waals surface area contributed by atoms with Gasteiger partial charge in [0.2, 0.25) is 5.91 Å². The molecule has 1 saturated carbocycles. The van der Waals surface area contributed by atoms with Crippen molar-refractivity contribution in [3.63, 3.8) is 0 Å². The van der Waals surface area contributed by atoms with Crippen LogP contribution in [0.2, 0.25) is 0 Å². The van der Waals surface area contributed by atoms with Crippen LogP contribution in [0.3, 0.4) is 0 Å². The lowest BCUT2D eigenvalue weighted by atomic mass is 10.1. The lowest BCUT2D eigenvalue weighted by molar-refractivity contribution is -0.121. The summed E-state index contributed by atoms with van der Waals surface area (Å²) < 4.78 is 0. The molecule has 0 unspecified atom stereocenters. The van der Waals surface area contributed by atoms with Crippen molar-refractivity contribution < 1.29 is 4.79 Å². The minimum absolute atomic E-state index is 0.104. The van der Waals surface area contributed by atoms with E-state index in [1.54, 1.807) is 6.20 Å². The zero-order valence-electron chi connectivity index (χ0n) is 12.3. The first-order chi connectivity index (χ1) is 9.75. The molecule has 4 nitrogen and oxygen atoms in total. The molecule has 4 heteroatoms. The molecule has 1 aromatic heterocycles. The Morgan fingerprint density at radius 3 is 2.75 bits per heavy atom. The Balaban J connectivity index is 1.71. The van der Waals surface area contributed by atoms with Gasteiger partial charge in [0.05, 0.1) is 6.54 Å². The summed E-state index contributed by atoms with van der Waals surface area (Å²) in [6.45, 7) is 2.42. The number of rotatable bonds is 5. The SMILES string of the molecule is C[C@H](NCC(=O)NC1CCCCCC1)c1cccnc1. The van der Waals surface area contributed by atoms with Gasteiger partial charge in [0.15, 0.2) is 0 Å². The average Bonchev–Trinajstić information content (AvgIpc) is 2.74. The zero-order valence-corrected chi connectivity index (χ0v) is 12.3. The first-order valence-electron chi connectivity index (χ1n) is 7.68. The van der Waals surface area contributed by atoms with Crippen LogP contribution in [-0.2, 0) is 4.79 Å². The Hall–Kier alpha value is -1.42. The van der Waals surface area contributed by atoms with Crippen LogP contribution in [0.5, 0.6) is 0 Å². The van der Waals surface area contributed by atoms with E-state index in [-0.39, 0.29) is 11.9 Å². The van der Waals surface area contributed by atoms with E-state index in [2.05, 4.69) is 22.5 Å². The van der Waals surface area contributed by atoms with E-state index in [4.69, 9.17) is 0 Å². The fourth-order valence-corrected chi connectivity index (χ4v) is 2.70. The monoisotopic (exact) mass is 275 g/mol. The third-order valence-corrected chi connectivity index (χ3v) is 3.97. The Labute approximate surface area is 121 Å². The van der Waals surface area contributed by atoms with E-state index in [0.717, 1.165) is 18.4 Å². The van der Waals surface area contributed by atoms with E-state index in [1.165, 1.54) is 25.7 Å². The molecule has 1 aromatic rings. The minimum Gasteiger partial charge on any atom is -0.352 e. The molecule has 0 bridgehead atoms. The summed E-state index contributed by atoms with van der Waals surface area (Å²) in [5.74, 6) is 0.104. The second-order valence-electron chi connectivity index (χ2n) is 5.64. The van der Waals surface area contributed by atoms with Crippen LogP contribution in [0, 0.1) is 0 Å². The number of pyridine rings is 1. The molecular formula is C16H25N3O. The van der Waals surface area contributed by atoms with Gasteiger partial charge in [0, 0.05) is 24.5 Å². The van der Waals surface area contributed by atoms with Crippen molar-refractivity contribution in [2.24, 2.45) is 0 Å². The topological polar surface area (TPSA) is 54.0 Å². The summed E-state index contributed by atoms with van der Waals surface area (Å²) in [4.78, 5) is 16.1. The maximum absolute atomic E-state index is 12.0. The smallest absolute Gasteiger partial charge is 0.234 e. The first kappa shape index (κ1) is 15.0. The van der Waals surface area contributed by atoms with E-state index < -0.39 is 0 Å². The summed E-state index contributed by atoms with van der Waals surface area (Å²) in [6, 6.07) is 4.46. The van der Waals surface area contributed by atoms with E-state index in [0.29, 0.717) is 12.6 Å².